The average Bonchev–Trinajstić information content (AvgIpc) is 3.31. The van der Waals surface area contributed by atoms with E-state index in [1.807, 2.05) is 19.2 Å². The molecule has 0 aromatic carbocycles. The Morgan fingerprint density at radius 1 is 1.19 bits per heavy atom. The molecule has 3 aromatic heterocycles. The topological polar surface area (TPSA) is 85.7 Å². The van der Waals surface area contributed by atoms with Crippen molar-refractivity contribution in [2.24, 2.45) is 5.92 Å². The van der Waals surface area contributed by atoms with Crippen LogP contribution in [0.3, 0.4) is 0 Å². The van der Waals surface area contributed by atoms with Gasteiger partial charge in [-0.2, -0.15) is 0 Å². The Kier molecular flexibility index (Phi) is 4.75. The third-order valence-electron chi connectivity index (χ3n) is 4.31. The molecule has 1 saturated carbocycles. The molecule has 2 unspecified atom stereocenters. The number of aromatic nitrogens is 5. The minimum atomic E-state index is 0.496. The van der Waals surface area contributed by atoms with Gasteiger partial charge < -0.3 is 10.1 Å². The molecule has 2 atom stereocenters. The van der Waals surface area contributed by atoms with Gasteiger partial charge in [0.1, 0.15) is 22.2 Å². The van der Waals surface area contributed by atoms with Crippen LogP contribution in [0.1, 0.15) is 33.6 Å². The first-order valence-corrected chi connectivity index (χ1v) is 9.39. The molecule has 1 N–H and O–H groups in total. The number of anilines is 1. The lowest BCUT2D eigenvalue weighted by atomic mass is 10.2. The Bertz CT molecular complexity index is 881. The molecule has 1 aliphatic rings. The third kappa shape index (κ3) is 4.13. The van der Waals surface area contributed by atoms with E-state index >= 15 is 0 Å². The van der Waals surface area contributed by atoms with Crippen LogP contribution in [-0.2, 0) is 6.54 Å². The van der Waals surface area contributed by atoms with Crippen LogP contribution in [0, 0.1) is 19.8 Å². The van der Waals surface area contributed by atoms with Gasteiger partial charge in [0.05, 0.1) is 13.2 Å². The fourth-order valence-corrected chi connectivity index (χ4v) is 3.42. The predicted molar refractivity (Wildman–Crippen MR) is 99.3 cm³/mol. The van der Waals surface area contributed by atoms with Gasteiger partial charge in [0.25, 0.3) is 0 Å². The van der Waals surface area contributed by atoms with E-state index in [9.17, 15) is 0 Å². The predicted octanol–water partition coefficient (Wildman–Crippen LogP) is 3.13. The number of nitrogens with zero attached hydrogens (tertiary/aromatic N) is 5. The lowest BCUT2D eigenvalue weighted by Gasteiger charge is -2.07. The van der Waals surface area contributed by atoms with Crippen LogP contribution in [0.25, 0.3) is 0 Å². The van der Waals surface area contributed by atoms with Gasteiger partial charge in [0, 0.05) is 29.8 Å². The summed E-state index contributed by atoms with van der Waals surface area (Å²) < 4.78 is 5.86. The fourth-order valence-electron chi connectivity index (χ4n) is 2.78. The van der Waals surface area contributed by atoms with Crippen molar-refractivity contribution in [3.05, 3.63) is 52.0 Å². The van der Waals surface area contributed by atoms with Gasteiger partial charge in [0.15, 0.2) is 0 Å². The number of pyridine rings is 1. The lowest BCUT2D eigenvalue weighted by molar-refractivity contribution is 0.285. The van der Waals surface area contributed by atoms with Crippen LogP contribution >= 0.6 is 11.3 Å². The molecule has 0 radical (unpaired) electrons. The van der Waals surface area contributed by atoms with Crippen molar-refractivity contribution in [2.75, 3.05) is 11.9 Å². The van der Waals surface area contributed by atoms with Gasteiger partial charge in [-0.15, -0.1) is 10.2 Å². The molecule has 26 heavy (non-hydrogen) atoms. The van der Waals surface area contributed by atoms with E-state index in [1.165, 1.54) is 11.9 Å². The molecule has 1 aliphatic carbocycles. The van der Waals surface area contributed by atoms with E-state index in [-0.39, 0.29) is 0 Å². The second-order valence-electron chi connectivity index (χ2n) is 6.48. The molecule has 1 fully saturated rings. The van der Waals surface area contributed by atoms with Gasteiger partial charge in [-0.3, -0.25) is 4.98 Å². The minimum Gasteiger partial charge on any atom is -0.477 e. The Hall–Kier alpha value is -2.61. The molecular formula is C18H20N6OS. The Balaban J connectivity index is 1.28. The Morgan fingerprint density at radius 2 is 2.12 bits per heavy atom. The Morgan fingerprint density at radius 3 is 2.88 bits per heavy atom. The lowest BCUT2D eigenvalue weighted by Crippen LogP contribution is -2.05. The van der Waals surface area contributed by atoms with Crippen LogP contribution in [-0.4, -0.2) is 31.8 Å². The molecule has 134 valence electrons. The molecule has 0 saturated heterocycles. The SMILES string of the molecule is Cc1ccc(C2CC2COc2cc(NCc3nnc(C)s3)ncn2)nc1. The molecule has 8 heteroatoms. The molecule has 3 heterocycles. The summed E-state index contributed by atoms with van der Waals surface area (Å²) in [7, 11) is 0. The van der Waals surface area contributed by atoms with Gasteiger partial charge >= 0.3 is 0 Å². The van der Waals surface area contributed by atoms with E-state index in [2.05, 4.69) is 49.5 Å². The summed E-state index contributed by atoms with van der Waals surface area (Å²) in [6, 6.07) is 6.04. The highest BCUT2D eigenvalue weighted by molar-refractivity contribution is 7.11. The number of hydrogen-bond acceptors (Lipinski definition) is 8. The van der Waals surface area contributed by atoms with E-state index in [0.717, 1.165) is 27.9 Å². The van der Waals surface area contributed by atoms with Crippen LogP contribution in [0.15, 0.2) is 30.7 Å². The zero-order valence-corrected chi connectivity index (χ0v) is 15.5. The second-order valence-corrected chi connectivity index (χ2v) is 7.75. The van der Waals surface area contributed by atoms with E-state index < -0.39 is 0 Å². The molecule has 3 aromatic rings. The molecule has 0 bridgehead atoms. The number of hydrogen-bond donors (Lipinski definition) is 1. The highest BCUT2D eigenvalue weighted by Crippen LogP contribution is 2.46. The summed E-state index contributed by atoms with van der Waals surface area (Å²) in [5.41, 5.74) is 2.34. The first kappa shape index (κ1) is 16.8. The maximum absolute atomic E-state index is 5.86. The highest BCUT2D eigenvalue weighted by Gasteiger charge is 2.39. The molecule has 7 nitrogen and oxygen atoms in total. The largest absolute Gasteiger partial charge is 0.477 e. The van der Waals surface area contributed by atoms with Crippen molar-refractivity contribution in [3.8, 4) is 5.88 Å². The summed E-state index contributed by atoms with van der Waals surface area (Å²) >= 11 is 1.57. The van der Waals surface area contributed by atoms with Crippen LogP contribution in [0.2, 0.25) is 0 Å². The van der Waals surface area contributed by atoms with Gasteiger partial charge in [0.2, 0.25) is 5.88 Å². The maximum atomic E-state index is 5.86. The molecular weight excluding hydrogens is 348 g/mol. The molecule has 0 amide bonds. The van der Waals surface area contributed by atoms with E-state index in [0.29, 0.717) is 30.9 Å². The number of rotatable bonds is 7. The average molecular weight is 368 g/mol. The van der Waals surface area contributed by atoms with Crippen molar-refractivity contribution in [2.45, 2.75) is 32.7 Å². The summed E-state index contributed by atoms with van der Waals surface area (Å²) in [6.07, 6.45) is 4.55. The second kappa shape index (κ2) is 7.33. The monoisotopic (exact) mass is 368 g/mol. The van der Waals surface area contributed by atoms with E-state index in [1.54, 1.807) is 11.3 Å². The smallest absolute Gasteiger partial charge is 0.218 e. The quantitative estimate of drug-likeness (QED) is 0.685. The van der Waals surface area contributed by atoms with Gasteiger partial charge in [-0.05, 0) is 31.9 Å². The summed E-state index contributed by atoms with van der Waals surface area (Å²) in [4.78, 5) is 12.9. The first-order valence-electron chi connectivity index (χ1n) is 8.57. The van der Waals surface area contributed by atoms with Gasteiger partial charge in [-0.25, -0.2) is 9.97 Å². The number of ether oxygens (including phenoxy) is 1. The van der Waals surface area contributed by atoms with Crippen molar-refractivity contribution >= 4 is 17.2 Å². The summed E-state index contributed by atoms with van der Waals surface area (Å²) in [5.74, 6) is 2.30. The summed E-state index contributed by atoms with van der Waals surface area (Å²) in [5, 5.41) is 13.2. The molecule has 0 aliphatic heterocycles. The minimum absolute atomic E-state index is 0.496. The maximum Gasteiger partial charge on any atom is 0.218 e. The van der Waals surface area contributed by atoms with Crippen LogP contribution in [0.5, 0.6) is 5.88 Å². The van der Waals surface area contributed by atoms with Crippen molar-refractivity contribution in [1.29, 1.82) is 0 Å². The Labute approximate surface area is 155 Å². The standard InChI is InChI=1S/C18H20N6OS/c1-11-3-4-15(19-7-11)14-5-13(14)9-25-17-6-16(21-10-22-17)20-8-18-24-23-12(2)26-18/h3-4,6-7,10,13-14H,5,8-9H2,1-2H3,(H,20,21,22). The molecule has 0 spiro atoms. The van der Waals surface area contributed by atoms with Crippen molar-refractivity contribution in [1.82, 2.24) is 25.1 Å². The van der Waals surface area contributed by atoms with Crippen LogP contribution < -0.4 is 10.1 Å². The number of aryl methyl sites for hydroxylation is 2. The van der Waals surface area contributed by atoms with E-state index in [4.69, 9.17) is 4.74 Å². The van der Waals surface area contributed by atoms with Crippen molar-refractivity contribution < 1.29 is 4.74 Å². The zero-order valence-electron chi connectivity index (χ0n) is 14.7. The summed E-state index contributed by atoms with van der Waals surface area (Å²) in [6.45, 7) is 5.23. The third-order valence-corrected chi connectivity index (χ3v) is 5.15. The van der Waals surface area contributed by atoms with Gasteiger partial charge in [-0.1, -0.05) is 17.4 Å². The first-order chi connectivity index (χ1) is 12.7. The van der Waals surface area contributed by atoms with Crippen molar-refractivity contribution in [3.63, 3.8) is 0 Å². The normalized spacial score (nSPS) is 18.5. The number of nitrogens with one attached hydrogen (secondary N) is 1. The fraction of sp³-hybridized carbons (Fsp3) is 0.389. The molecule has 4 rings (SSSR count). The zero-order chi connectivity index (χ0) is 17.9. The highest BCUT2D eigenvalue weighted by atomic mass is 32.1. The van der Waals surface area contributed by atoms with Crippen LogP contribution in [0.4, 0.5) is 5.82 Å².